The van der Waals surface area contributed by atoms with Crippen LogP contribution in [-0.4, -0.2) is 4.98 Å². The van der Waals surface area contributed by atoms with E-state index in [-0.39, 0.29) is 6.04 Å². The molecule has 0 amide bonds. The Bertz CT molecular complexity index is 493. The van der Waals surface area contributed by atoms with Crippen molar-refractivity contribution in [2.45, 2.75) is 19.4 Å². The molecule has 0 saturated heterocycles. The Balaban J connectivity index is 2.23. The second-order valence-corrected chi connectivity index (χ2v) is 4.74. The quantitative estimate of drug-likeness (QED) is 0.657. The molecule has 0 spiro atoms. The first-order valence-electron chi connectivity index (χ1n) is 5.82. The molecule has 0 saturated carbocycles. The SMILES string of the molecule is Cc1cc(Cl)cc(C(Cc2ccccn2)NN)c1. The average Bonchev–Trinajstić information content (AvgIpc) is 2.36. The Morgan fingerprint density at radius 3 is 2.78 bits per heavy atom. The van der Waals surface area contributed by atoms with Crippen molar-refractivity contribution in [2.75, 3.05) is 0 Å². The molecule has 1 unspecified atom stereocenters. The molecule has 0 radical (unpaired) electrons. The van der Waals surface area contributed by atoms with Crippen LogP contribution in [0, 0.1) is 6.92 Å². The second-order valence-electron chi connectivity index (χ2n) is 4.31. The molecule has 1 heterocycles. The van der Waals surface area contributed by atoms with Gasteiger partial charge < -0.3 is 0 Å². The highest BCUT2D eigenvalue weighted by Gasteiger charge is 2.12. The molecular weight excluding hydrogens is 246 g/mol. The molecule has 3 nitrogen and oxygen atoms in total. The van der Waals surface area contributed by atoms with Crippen molar-refractivity contribution in [1.82, 2.24) is 10.4 Å². The third kappa shape index (κ3) is 3.29. The van der Waals surface area contributed by atoms with E-state index in [2.05, 4.69) is 16.5 Å². The van der Waals surface area contributed by atoms with Gasteiger partial charge >= 0.3 is 0 Å². The van der Waals surface area contributed by atoms with Crippen molar-refractivity contribution in [3.05, 3.63) is 64.4 Å². The smallest absolute Gasteiger partial charge is 0.0515 e. The maximum Gasteiger partial charge on any atom is 0.0515 e. The molecule has 18 heavy (non-hydrogen) atoms. The number of halogens is 1. The molecule has 1 atom stereocenters. The van der Waals surface area contributed by atoms with Gasteiger partial charge in [0.15, 0.2) is 0 Å². The number of aryl methyl sites for hydroxylation is 1. The highest BCUT2D eigenvalue weighted by Crippen LogP contribution is 2.22. The number of aromatic nitrogens is 1. The molecule has 2 aromatic rings. The first kappa shape index (κ1) is 13.0. The van der Waals surface area contributed by atoms with Crippen LogP contribution in [0.1, 0.15) is 22.9 Å². The Labute approximate surface area is 112 Å². The number of nitrogens with zero attached hydrogens (tertiary/aromatic N) is 1. The molecule has 94 valence electrons. The number of hydrogen-bond acceptors (Lipinski definition) is 3. The molecule has 1 aromatic carbocycles. The largest absolute Gasteiger partial charge is 0.271 e. The number of rotatable bonds is 4. The molecule has 1 aromatic heterocycles. The molecule has 3 N–H and O–H groups in total. The van der Waals surface area contributed by atoms with E-state index in [9.17, 15) is 0 Å². The van der Waals surface area contributed by atoms with E-state index >= 15 is 0 Å². The summed E-state index contributed by atoms with van der Waals surface area (Å²) in [5.41, 5.74) is 6.02. The minimum atomic E-state index is 0.0114. The Morgan fingerprint density at radius 1 is 1.33 bits per heavy atom. The number of pyridine rings is 1. The maximum absolute atomic E-state index is 6.07. The first-order valence-corrected chi connectivity index (χ1v) is 6.20. The maximum atomic E-state index is 6.07. The minimum absolute atomic E-state index is 0.0114. The standard InChI is InChI=1S/C14H16ClN3/c1-10-6-11(8-12(15)7-10)14(18-16)9-13-4-2-3-5-17-13/h2-8,14,18H,9,16H2,1H3. The monoisotopic (exact) mass is 261 g/mol. The number of hydrogen-bond donors (Lipinski definition) is 2. The van der Waals surface area contributed by atoms with Crippen LogP contribution < -0.4 is 11.3 Å². The zero-order chi connectivity index (χ0) is 13.0. The molecule has 0 aliphatic heterocycles. The van der Waals surface area contributed by atoms with E-state index in [1.807, 2.05) is 37.3 Å². The number of benzene rings is 1. The third-order valence-corrected chi connectivity index (χ3v) is 3.03. The van der Waals surface area contributed by atoms with Gasteiger partial charge in [-0.15, -0.1) is 0 Å². The van der Waals surface area contributed by atoms with Gasteiger partial charge in [-0.25, -0.2) is 0 Å². The van der Waals surface area contributed by atoms with E-state index < -0.39 is 0 Å². The van der Waals surface area contributed by atoms with Crippen molar-refractivity contribution in [2.24, 2.45) is 5.84 Å². The van der Waals surface area contributed by atoms with Gasteiger partial charge in [-0.3, -0.25) is 16.3 Å². The van der Waals surface area contributed by atoms with Gasteiger partial charge in [0, 0.05) is 23.3 Å². The lowest BCUT2D eigenvalue weighted by atomic mass is 10.0. The van der Waals surface area contributed by atoms with Gasteiger partial charge in [0.05, 0.1) is 6.04 Å². The number of nitrogens with two attached hydrogens (primary N) is 1. The fraction of sp³-hybridized carbons (Fsp3) is 0.214. The van der Waals surface area contributed by atoms with E-state index in [4.69, 9.17) is 17.4 Å². The van der Waals surface area contributed by atoms with Gasteiger partial charge in [0.2, 0.25) is 0 Å². The summed E-state index contributed by atoms with van der Waals surface area (Å²) in [7, 11) is 0. The van der Waals surface area contributed by atoms with Gasteiger partial charge in [-0.05, 0) is 42.3 Å². The number of nitrogens with one attached hydrogen (secondary N) is 1. The summed E-state index contributed by atoms with van der Waals surface area (Å²) in [6.45, 7) is 2.02. The van der Waals surface area contributed by atoms with Crippen LogP contribution in [-0.2, 0) is 6.42 Å². The fourth-order valence-corrected chi connectivity index (χ4v) is 2.26. The van der Waals surface area contributed by atoms with Crippen LogP contribution in [0.5, 0.6) is 0 Å². The van der Waals surface area contributed by atoms with Crippen LogP contribution in [0.15, 0.2) is 42.6 Å². The predicted molar refractivity (Wildman–Crippen MR) is 74.2 cm³/mol. The lowest BCUT2D eigenvalue weighted by Crippen LogP contribution is -2.29. The van der Waals surface area contributed by atoms with Crippen LogP contribution in [0.4, 0.5) is 0 Å². The fourth-order valence-electron chi connectivity index (χ4n) is 1.97. The second kappa shape index (κ2) is 5.96. The van der Waals surface area contributed by atoms with Gasteiger partial charge in [0.25, 0.3) is 0 Å². The molecule has 2 rings (SSSR count). The lowest BCUT2D eigenvalue weighted by molar-refractivity contribution is 0.546. The Hall–Kier alpha value is -1.42. The zero-order valence-corrected chi connectivity index (χ0v) is 11.0. The van der Waals surface area contributed by atoms with Crippen LogP contribution >= 0.6 is 11.6 Å². The van der Waals surface area contributed by atoms with E-state index in [1.165, 1.54) is 0 Å². The van der Waals surface area contributed by atoms with Crippen molar-refractivity contribution in [1.29, 1.82) is 0 Å². The first-order chi connectivity index (χ1) is 8.69. The zero-order valence-electron chi connectivity index (χ0n) is 10.2. The summed E-state index contributed by atoms with van der Waals surface area (Å²) >= 11 is 6.07. The highest BCUT2D eigenvalue weighted by molar-refractivity contribution is 6.30. The summed E-state index contributed by atoms with van der Waals surface area (Å²) < 4.78 is 0. The summed E-state index contributed by atoms with van der Waals surface area (Å²) in [4.78, 5) is 4.31. The minimum Gasteiger partial charge on any atom is -0.271 e. The van der Waals surface area contributed by atoms with Gasteiger partial charge in [0.1, 0.15) is 0 Å². The van der Waals surface area contributed by atoms with Crippen molar-refractivity contribution in [3.8, 4) is 0 Å². The Kier molecular flexibility index (Phi) is 4.31. The van der Waals surface area contributed by atoms with E-state index in [0.717, 1.165) is 28.3 Å². The summed E-state index contributed by atoms with van der Waals surface area (Å²) in [5.74, 6) is 5.63. The van der Waals surface area contributed by atoms with Crippen LogP contribution in [0.2, 0.25) is 5.02 Å². The van der Waals surface area contributed by atoms with Crippen molar-refractivity contribution in [3.63, 3.8) is 0 Å². The number of hydrazine groups is 1. The lowest BCUT2D eigenvalue weighted by Gasteiger charge is -2.17. The van der Waals surface area contributed by atoms with Crippen molar-refractivity contribution < 1.29 is 0 Å². The summed E-state index contributed by atoms with van der Waals surface area (Å²) in [6.07, 6.45) is 2.52. The van der Waals surface area contributed by atoms with Gasteiger partial charge in [-0.2, -0.15) is 0 Å². The van der Waals surface area contributed by atoms with E-state index in [0.29, 0.717) is 0 Å². The van der Waals surface area contributed by atoms with Crippen LogP contribution in [0.25, 0.3) is 0 Å². The highest BCUT2D eigenvalue weighted by atomic mass is 35.5. The molecule has 0 aliphatic carbocycles. The Morgan fingerprint density at radius 2 is 2.17 bits per heavy atom. The van der Waals surface area contributed by atoms with Gasteiger partial charge in [-0.1, -0.05) is 23.7 Å². The molecular formula is C14H16ClN3. The predicted octanol–water partition coefficient (Wildman–Crippen LogP) is 2.79. The molecule has 0 fully saturated rings. The molecule has 0 bridgehead atoms. The summed E-state index contributed by atoms with van der Waals surface area (Å²) in [5, 5.41) is 0.728. The molecule has 4 heteroatoms. The average molecular weight is 262 g/mol. The normalized spacial score (nSPS) is 12.4. The third-order valence-electron chi connectivity index (χ3n) is 2.81. The molecule has 0 aliphatic rings. The van der Waals surface area contributed by atoms with Crippen LogP contribution in [0.3, 0.4) is 0 Å². The topological polar surface area (TPSA) is 50.9 Å². The summed E-state index contributed by atoms with van der Waals surface area (Å²) in [6, 6.07) is 11.8. The van der Waals surface area contributed by atoms with E-state index in [1.54, 1.807) is 6.20 Å². The van der Waals surface area contributed by atoms with Crippen molar-refractivity contribution >= 4 is 11.6 Å².